The van der Waals surface area contributed by atoms with Crippen LogP contribution in [0.3, 0.4) is 0 Å². The minimum Gasteiger partial charge on any atom is -0.354 e. The van der Waals surface area contributed by atoms with E-state index in [1.54, 1.807) is 6.08 Å². The predicted molar refractivity (Wildman–Crippen MR) is 214 cm³/mol. The molecule has 2 saturated heterocycles. The van der Waals surface area contributed by atoms with Gasteiger partial charge in [-0.2, -0.15) is 25.1 Å². The summed E-state index contributed by atoms with van der Waals surface area (Å²) < 4.78 is 0. The molecule has 2 saturated carbocycles. The van der Waals surface area contributed by atoms with Crippen molar-refractivity contribution in [3.05, 3.63) is 0 Å². The van der Waals surface area contributed by atoms with E-state index in [1.807, 2.05) is 0 Å². The number of nitrogens with one attached hydrogen (secondary N) is 2. The molecule has 3 heterocycles. The molecule has 1 aromatic heterocycles. The minimum atomic E-state index is 0.0147. The molecule has 11 heteroatoms. The second kappa shape index (κ2) is 18.6. The van der Waals surface area contributed by atoms with Crippen molar-refractivity contribution in [2.75, 3.05) is 23.7 Å². The van der Waals surface area contributed by atoms with Crippen LogP contribution in [0, 0.1) is 11.8 Å². The Kier molecular flexibility index (Phi) is 14.8. The molecule has 0 unspecified atom stereocenters. The number of hydrogen-bond donors (Lipinski definition) is 2. The number of hydroxylamine groups is 4. The minimum absolute atomic E-state index is 0.0147. The summed E-state index contributed by atoms with van der Waals surface area (Å²) in [4.78, 5) is 41.5. The molecule has 1 aromatic rings. The fourth-order valence-electron chi connectivity index (χ4n) is 10.7. The molecule has 5 rings (SSSR count). The molecule has 0 aromatic carbocycles. The van der Waals surface area contributed by atoms with Gasteiger partial charge < -0.3 is 10.6 Å². The first kappa shape index (κ1) is 42.0. The van der Waals surface area contributed by atoms with Crippen LogP contribution in [0.25, 0.3) is 0 Å². The van der Waals surface area contributed by atoms with E-state index in [0.29, 0.717) is 35.9 Å². The van der Waals surface area contributed by atoms with Crippen LogP contribution in [0.4, 0.5) is 17.8 Å². The fourth-order valence-corrected chi connectivity index (χ4v) is 10.7. The second-order valence-corrected chi connectivity index (χ2v) is 19.4. The van der Waals surface area contributed by atoms with Crippen LogP contribution in [-0.2, 0) is 14.5 Å². The van der Waals surface area contributed by atoms with Crippen molar-refractivity contribution in [3.63, 3.8) is 0 Å². The number of rotatable bonds is 17. The standard InChI is InChI=1S/C42H74N8O3/c1-39(2)27-32(28-40(3,4)49(39)52-34-21-11-9-12-22-34)19-15-17-25-43-36-46-37(48-38(47-36)45-31-51)44-26-18-16-20-33-29-41(5,6)50(42(7,8)30-33)53-35-23-13-10-14-24-35/h32-35H,9-30H2,1-8H3,(H2,43,44,46,47,48). The molecule has 0 spiro atoms. The molecule has 4 fully saturated rings. The zero-order valence-corrected chi connectivity index (χ0v) is 34.8. The van der Waals surface area contributed by atoms with E-state index in [2.05, 4.69) is 96.1 Å². The highest BCUT2D eigenvalue weighted by Gasteiger charge is 2.48. The first-order valence-electron chi connectivity index (χ1n) is 21.4. The quantitative estimate of drug-likeness (QED) is 0.0909. The lowest BCUT2D eigenvalue weighted by molar-refractivity contribution is -0.314. The number of nitrogens with zero attached hydrogens (tertiary/aromatic N) is 6. The summed E-state index contributed by atoms with van der Waals surface area (Å²) in [5, 5.41) is 11.4. The lowest BCUT2D eigenvalue weighted by Crippen LogP contribution is -2.61. The Morgan fingerprint density at radius 3 is 1.34 bits per heavy atom. The van der Waals surface area contributed by atoms with E-state index in [9.17, 15) is 4.79 Å². The van der Waals surface area contributed by atoms with Crippen molar-refractivity contribution >= 4 is 23.9 Å². The molecule has 0 amide bonds. The van der Waals surface area contributed by atoms with E-state index in [1.165, 1.54) is 77.0 Å². The topological polar surface area (TPSA) is 117 Å². The predicted octanol–water partition coefficient (Wildman–Crippen LogP) is 10.1. The summed E-state index contributed by atoms with van der Waals surface area (Å²) in [5.41, 5.74) is 0.0587. The third-order valence-corrected chi connectivity index (χ3v) is 12.4. The van der Waals surface area contributed by atoms with Crippen LogP contribution in [0.2, 0.25) is 0 Å². The number of isocyanates is 1. The zero-order valence-electron chi connectivity index (χ0n) is 34.8. The molecule has 2 aliphatic heterocycles. The van der Waals surface area contributed by atoms with Gasteiger partial charge in [-0.15, -0.1) is 4.99 Å². The third kappa shape index (κ3) is 12.2. The number of hydrogen-bond acceptors (Lipinski definition) is 11. The van der Waals surface area contributed by atoms with Gasteiger partial charge in [0.25, 0.3) is 5.95 Å². The highest BCUT2D eigenvalue weighted by Crippen LogP contribution is 2.46. The Bertz CT molecular complexity index is 1210. The van der Waals surface area contributed by atoms with Gasteiger partial charge in [-0.05, 0) is 131 Å². The first-order chi connectivity index (χ1) is 25.2. The Labute approximate surface area is 321 Å². The number of piperidine rings is 2. The van der Waals surface area contributed by atoms with Crippen LogP contribution in [0.15, 0.2) is 4.99 Å². The molecular formula is C42H74N8O3. The van der Waals surface area contributed by atoms with Gasteiger partial charge in [-0.25, -0.2) is 4.79 Å². The Morgan fingerprint density at radius 1 is 0.604 bits per heavy atom. The maximum atomic E-state index is 11.1. The number of unbranched alkanes of at least 4 members (excludes halogenated alkanes) is 2. The zero-order chi connectivity index (χ0) is 38.1. The van der Waals surface area contributed by atoms with E-state index in [-0.39, 0.29) is 28.1 Å². The van der Waals surface area contributed by atoms with E-state index in [4.69, 9.17) is 9.68 Å². The molecule has 11 nitrogen and oxygen atoms in total. The van der Waals surface area contributed by atoms with Crippen LogP contribution >= 0.6 is 0 Å². The fraction of sp³-hybridized carbons (Fsp3) is 0.905. The summed E-state index contributed by atoms with van der Waals surface area (Å²) in [5.74, 6) is 2.30. The first-order valence-corrected chi connectivity index (χ1v) is 21.4. The van der Waals surface area contributed by atoms with Gasteiger partial charge in [-0.1, -0.05) is 64.2 Å². The largest absolute Gasteiger partial charge is 0.354 e. The second-order valence-electron chi connectivity index (χ2n) is 19.4. The Hall–Kier alpha value is -2.17. The Morgan fingerprint density at radius 2 is 0.981 bits per heavy atom. The smallest absolute Gasteiger partial charge is 0.267 e. The van der Waals surface area contributed by atoms with Gasteiger partial charge in [0.05, 0.1) is 12.2 Å². The maximum absolute atomic E-state index is 11.1. The summed E-state index contributed by atoms with van der Waals surface area (Å²) >= 11 is 0. The average molecular weight is 739 g/mol. The SMILES string of the molecule is CC1(C)CC(CCCCNc2nc(N=C=O)nc(NCCCCC3CC(C)(C)N(OC4CCCCC4)C(C)(C)C3)n2)CC(C)(C)N1OC1CCCCC1. The van der Waals surface area contributed by atoms with Gasteiger partial charge >= 0.3 is 0 Å². The average Bonchev–Trinajstić information content (AvgIpc) is 3.08. The van der Waals surface area contributed by atoms with Crippen molar-refractivity contribution in [2.24, 2.45) is 16.8 Å². The van der Waals surface area contributed by atoms with Crippen molar-refractivity contribution in [1.29, 1.82) is 0 Å². The van der Waals surface area contributed by atoms with Gasteiger partial charge in [0.1, 0.15) is 0 Å². The lowest BCUT2D eigenvalue weighted by atomic mass is 9.73. The summed E-state index contributed by atoms with van der Waals surface area (Å²) in [6.07, 6.45) is 26.2. The highest BCUT2D eigenvalue weighted by atomic mass is 16.7. The van der Waals surface area contributed by atoms with Crippen molar-refractivity contribution in [3.8, 4) is 0 Å². The molecule has 2 N–H and O–H groups in total. The lowest BCUT2D eigenvalue weighted by Gasteiger charge is -2.55. The van der Waals surface area contributed by atoms with Gasteiger partial charge in [0, 0.05) is 35.2 Å². The molecule has 0 bridgehead atoms. The van der Waals surface area contributed by atoms with Gasteiger partial charge in [-0.3, -0.25) is 9.68 Å². The van der Waals surface area contributed by atoms with Crippen molar-refractivity contribution in [2.45, 2.75) is 218 Å². The monoisotopic (exact) mass is 739 g/mol. The molecule has 4 aliphatic rings. The molecule has 0 radical (unpaired) electrons. The maximum Gasteiger partial charge on any atom is 0.267 e. The summed E-state index contributed by atoms with van der Waals surface area (Å²) in [6, 6.07) is 0. The highest BCUT2D eigenvalue weighted by molar-refractivity contribution is 5.46. The van der Waals surface area contributed by atoms with Crippen molar-refractivity contribution in [1.82, 2.24) is 25.1 Å². The molecule has 2 aliphatic carbocycles. The summed E-state index contributed by atoms with van der Waals surface area (Å²) in [6.45, 7) is 20.4. The van der Waals surface area contributed by atoms with E-state index < -0.39 is 0 Å². The molecule has 0 atom stereocenters. The van der Waals surface area contributed by atoms with Gasteiger partial charge in [0.2, 0.25) is 18.0 Å². The molecular weight excluding hydrogens is 665 g/mol. The van der Waals surface area contributed by atoms with E-state index in [0.717, 1.165) is 64.5 Å². The van der Waals surface area contributed by atoms with Gasteiger partial charge in [0.15, 0.2) is 0 Å². The van der Waals surface area contributed by atoms with E-state index >= 15 is 0 Å². The number of carbonyl (C=O) groups excluding carboxylic acids is 1. The van der Waals surface area contributed by atoms with Crippen molar-refractivity contribution < 1.29 is 14.5 Å². The summed E-state index contributed by atoms with van der Waals surface area (Å²) in [7, 11) is 0. The Balaban J connectivity index is 1.02. The molecule has 300 valence electrons. The third-order valence-electron chi connectivity index (χ3n) is 12.4. The van der Waals surface area contributed by atoms with Crippen LogP contribution < -0.4 is 10.6 Å². The number of aliphatic imine (C=N–C) groups is 1. The van der Waals surface area contributed by atoms with Crippen LogP contribution in [-0.4, -0.2) is 78.6 Å². The van der Waals surface area contributed by atoms with Crippen LogP contribution in [0.1, 0.15) is 184 Å². The van der Waals surface area contributed by atoms with Crippen LogP contribution in [0.5, 0.6) is 0 Å². The number of aromatic nitrogens is 3. The number of anilines is 2. The molecule has 53 heavy (non-hydrogen) atoms. The normalized spacial score (nSPS) is 24.5.